The number of amides is 3. The number of rotatable bonds is 12. The van der Waals surface area contributed by atoms with Crippen LogP contribution >= 0.6 is 0 Å². The van der Waals surface area contributed by atoms with E-state index < -0.39 is 23.8 Å². The molecule has 0 saturated heterocycles. The first kappa shape index (κ1) is 25.5. The maximum Gasteiger partial charge on any atom is 0.279 e. The monoisotopic (exact) mass is 457 g/mol. The van der Waals surface area contributed by atoms with E-state index in [9.17, 15) is 14.4 Å². The Morgan fingerprint density at radius 3 is 2.09 bits per heavy atom. The molecule has 2 aromatic rings. The van der Waals surface area contributed by atoms with Crippen LogP contribution in [0.1, 0.15) is 44.0 Å². The van der Waals surface area contributed by atoms with Gasteiger partial charge in [0.2, 0.25) is 0 Å². The first-order valence-corrected chi connectivity index (χ1v) is 10.9. The molecule has 2 rings (SSSR count). The van der Waals surface area contributed by atoms with Gasteiger partial charge in [-0.05, 0) is 68.8 Å². The zero-order chi connectivity index (χ0) is 24.1. The van der Waals surface area contributed by atoms with E-state index in [0.717, 1.165) is 12.8 Å². The van der Waals surface area contributed by atoms with Gasteiger partial charge in [-0.1, -0.05) is 13.3 Å². The molecule has 9 heteroatoms. The Labute approximate surface area is 193 Å². The summed E-state index contributed by atoms with van der Waals surface area (Å²) in [7, 11) is 0. The Hall–Kier alpha value is -3.75. The van der Waals surface area contributed by atoms with Gasteiger partial charge in [0, 0.05) is 5.56 Å². The molecular weight excluding hydrogens is 426 g/mol. The van der Waals surface area contributed by atoms with Crippen molar-refractivity contribution in [3.63, 3.8) is 0 Å². The normalized spacial score (nSPS) is 11.1. The molecule has 3 N–H and O–H groups in total. The number of benzene rings is 2. The number of hydrazine groups is 1. The Balaban J connectivity index is 1.70. The highest BCUT2D eigenvalue weighted by Crippen LogP contribution is 2.18. The van der Waals surface area contributed by atoms with Crippen LogP contribution in [0, 0.1) is 0 Å². The topological polar surface area (TPSA) is 115 Å². The molecule has 1 atom stereocenters. The zero-order valence-corrected chi connectivity index (χ0v) is 19.2. The minimum absolute atomic E-state index is 0.304. The molecule has 0 fully saturated rings. The average Bonchev–Trinajstić information content (AvgIpc) is 2.83. The maximum absolute atomic E-state index is 12.2. The van der Waals surface area contributed by atoms with E-state index in [2.05, 4.69) is 23.1 Å². The lowest BCUT2D eigenvalue weighted by atomic mass is 10.2. The minimum atomic E-state index is -0.851. The Kier molecular flexibility index (Phi) is 10.5. The van der Waals surface area contributed by atoms with E-state index in [4.69, 9.17) is 14.2 Å². The lowest BCUT2D eigenvalue weighted by Gasteiger charge is -2.15. The number of ether oxygens (including phenoxy) is 3. The number of hydrogen-bond donors (Lipinski definition) is 3. The average molecular weight is 458 g/mol. The van der Waals surface area contributed by atoms with Crippen molar-refractivity contribution in [3.8, 4) is 17.2 Å². The molecule has 0 saturated carbocycles. The van der Waals surface area contributed by atoms with Crippen molar-refractivity contribution < 1.29 is 28.6 Å². The number of unbranched alkanes of at least 4 members (excludes halogenated alkanes) is 1. The summed E-state index contributed by atoms with van der Waals surface area (Å²) in [5, 5.41) is 2.49. The van der Waals surface area contributed by atoms with Crippen molar-refractivity contribution in [2.45, 2.75) is 39.7 Å². The molecule has 0 aromatic heterocycles. The fourth-order valence-electron chi connectivity index (χ4n) is 2.62. The molecule has 0 radical (unpaired) electrons. The maximum atomic E-state index is 12.2. The van der Waals surface area contributed by atoms with Gasteiger partial charge in [-0.2, -0.15) is 0 Å². The predicted octanol–water partition coefficient (Wildman–Crippen LogP) is 2.61. The summed E-state index contributed by atoms with van der Waals surface area (Å²) in [6, 6.07) is 13.5. The predicted molar refractivity (Wildman–Crippen MR) is 123 cm³/mol. The summed E-state index contributed by atoms with van der Waals surface area (Å²) in [5.41, 5.74) is 4.92. The Bertz CT molecular complexity index is 899. The number of nitrogens with one attached hydrogen (secondary N) is 3. The van der Waals surface area contributed by atoms with Gasteiger partial charge in [0.1, 0.15) is 17.2 Å². The molecule has 0 heterocycles. The molecule has 1 unspecified atom stereocenters. The van der Waals surface area contributed by atoms with Crippen LogP contribution in [0.25, 0.3) is 0 Å². The van der Waals surface area contributed by atoms with Gasteiger partial charge in [-0.3, -0.25) is 25.2 Å². The molecule has 0 spiro atoms. The van der Waals surface area contributed by atoms with Crippen molar-refractivity contribution in [1.29, 1.82) is 0 Å². The second kappa shape index (κ2) is 13.6. The summed E-state index contributed by atoms with van der Waals surface area (Å²) in [5.74, 6) is 0.339. The van der Waals surface area contributed by atoms with E-state index in [1.54, 1.807) is 55.5 Å². The number of hydrogen-bond acceptors (Lipinski definition) is 6. The van der Waals surface area contributed by atoms with Crippen LogP contribution in [0.3, 0.4) is 0 Å². The molecule has 3 amide bonds. The summed E-state index contributed by atoms with van der Waals surface area (Å²) in [4.78, 5) is 36.3. The highest BCUT2D eigenvalue weighted by atomic mass is 16.5. The van der Waals surface area contributed by atoms with Gasteiger partial charge in [0.25, 0.3) is 17.7 Å². The summed E-state index contributed by atoms with van der Waals surface area (Å²) in [6.45, 7) is 6.39. The molecule has 2 aromatic carbocycles. The molecule has 0 aliphatic carbocycles. The Morgan fingerprint density at radius 1 is 0.848 bits per heavy atom. The van der Waals surface area contributed by atoms with Crippen LogP contribution < -0.4 is 30.4 Å². The van der Waals surface area contributed by atoms with Gasteiger partial charge in [-0.25, -0.2) is 0 Å². The first-order valence-electron chi connectivity index (χ1n) is 10.9. The molecule has 0 bridgehead atoms. The van der Waals surface area contributed by atoms with Crippen LogP contribution in [-0.2, 0) is 9.59 Å². The summed E-state index contributed by atoms with van der Waals surface area (Å²) in [6.07, 6.45) is 1.15. The molecule has 33 heavy (non-hydrogen) atoms. The van der Waals surface area contributed by atoms with Crippen molar-refractivity contribution in [3.05, 3.63) is 54.1 Å². The first-order chi connectivity index (χ1) is 15.9. The summed E-state index contributed by atoms with van der Waals surface area (Å²) >= 11 is 0. The quantitative estimate of drug-likeness (QED) is 0.333. The lowest BCUT2D eigenvalue weighted by Crippen LogP contribution is -2.50. The van der Waals surface area contributed by atoms with Crippen molar-refractivity contribution in [1.82, 2.24) is 16.2 Å². The minimum Gasteiger partial charge on any atom is -0.494 e. The van der Waals surface area contributed by atoms with Gasteiger partial charge in [0.05, 0.1) is 19.8 Å². The van der Waals surface area contributed by atoms with Crippen LogP contribution in [-0.4, -0.2) is 43.6 Å². The fourth-order valence-corrected chi connectivity index (χ4v) is 2.62. The number of carbonyl (C=O) groups excluding carboxylic acids is 3. The van der Waals surface area contributed by atoms with E-state index in [1.807, 2.05) is 6.92 Å². The van der Waals surface area contributed by atoms with Crippen LogP contribution in [0.15, 0.2) is 48.5 Å². The molecule has 0 aliphatic heterocycles. The van der Waals surface area contributed by atoms with Crippen molar-refractivity contribution >= 4 is 17.7 Å². The second-order valence-corrected chi connectivity index (χ2v) is 7.11. The smallest absolute Gasteiger partial charge is 0.279 e. The van der Waals surface area contributed by atoms with Crippen LogP contribution in [0.5, 0.6) is 17.2 Å². The largest absolute Gasteiger partial charge is 0.494 e. The third kappa shape index (κ3) is 9.10. The van der Waals surface area contributed by atoms with E-state index in [0.29, 0.717) is 36.0 Å². The molecule has 178 valence electrons. The van der Waals surface area contributed by atoms with Gasteiger partial charge >= 0.3 is 0 Å². The highest BCUT2D eigenvalue weighted by Gasteiger charge is 2.16. The second-order valence-electron chi connectivity index (χ2n) is 7.11. The van der Waals surface area contributed by atoms with Gasteiger partial charge in [0.15, 0.2) is 6.10 Å². The third-order valence-corrected chi connectivity index (χ3v) is 4.43. The fraction of sp³-hybridized carbons (Fsp3) is 0.375. The van der Waals surface area contributed by atoms with Gasteiger partial charge < -0.3 is 19.5 Å². The molecule has 0 aliphatic rings. The standard InChI is InChI=1S/C24H31N3O6/c1-4-6-15-32-20-9-7-18(8-10-20)24(30)25-16-22(28)26-27-23(29)17(3)33-21-13-11-19(12-14-21)31-5-2/h7-14,17H,4-6,15-16H2,1-3H3,(H,25,30)(H,26,28)(H,27,29). The highest BCUT2D eigenvalue weighted by molar-refractivity contribution is 5.96. The van der Waals surface area contributed by atoms with Crippen LogP contribution in [0.2, 0.25) is 0 Å². The SMILES string of the molecule is CCCCOc1ccc(C(=O)NCC(=O)NNC(=O)C(C)Oc2ccc(OCC)cc2)cc1. The van der Waals surface area contributed by atoms with Gasteiger partial charge in [-0.15, -0.1) is 0 Å². The Morgan fingerprint density at radius 2 is 1.45 bits per heavy atom. The number of carbonyl (C=O) groups is 3. The third-order valence-electron chi connectivity index (χ3n) is 4.43. The van der Waals surface area contributed by atoms with E-state index >= 15 is 0 Å². The molecular formula is C24H31N3O6. The lowest BCUT2D eigenvalue weighted by molar-refractivity contribution is -0.132. The van der Waals surface area contributed by atoms with Crippen molar-refractivity contribution in [2.75, 3.05) is 19.8 Å². The van der Waals surface area contributed by atoms with Crippen molar-refractivity contribution in [2.24, 2.45) is 0 Å². The van der Waals surface area contributed by atoms with E-state index in [1.165, 1.54) is 0 Å². The van der Waals surface area contributed by atoms with Crippen LogP contribution in [0.4, 0.5) is 0 Å². The zero-order valence-electron chi connectivity index (χ0n) is 19.2. The summed E-state index contributed by atoms with van der Waals surface area (Å²) < 4.78 is 16.4. The van der Waals surface area contributed by atoms with E-state index in [-0.39, 0.29) is 6.54 Å². The molecule has 9 nitrogen and oxygen atoms in total.